The molecule has 5 rings (SSSR count). The van der Waals surface area contributed by atoms with Crippen molar-refractivity contribution in [3.63, 3.8) is 0 Å². The van der Waals surface area contributed by atoms with E-state index < -0.39 is 41.4 Å². The Kier molecular flexibility index (Phi) is 4.44. The molecule has 1 saturated heterocycles. The van der Waals surface area contributed by atoms with E-state index in [1.165, 1.54) is 17.0 Å². The second-order valence-corrected chi connectivity index (χ2v) is 8.47. The van der Waals surface area contributed by atoms with Crippen molar-refractivity contribution in [2.24, 2.45) is 11.8 Å². The molecule has 8 heteroatoms. The maximum atomic E-state index is 12.9. The first-order chi connectivity index (χ1) is 13.7. The molecule has 1 fully saturated rings. The van der Waals surface area contributed by atoms with Crippen molar-refractivity contribution in [2.75, 3.05) is 6.54 Å². The van der Waals surface area contributed by atoms with Gasteiger partial charge in [-0.25, -0.2) is 9.59 Å². The Morgan fingerprint density at radius 2 is 1.66 bits per heavy atom. The van der Waals surface area contributed by atoms with Crippen molar-refractivity contribution in [3.8, 4) is 0 Å². The molecule has 0 spiro atoms. The predicted molar refractivity (Wildman–Crippen MR) is 100 cm³/mol. The lowest BCUT2D eigenvalue weighted by molar-refractivity contribution is -0.177. The summed E-state index contributed by atoms with van der Waals surface area (Å²) in [6, 6.07) is 5.76. The molecule has 0 aromatic heterocycles. The molecule has 3 heterocycles. The van der Waals surface area contributed by atoms with Gasteiger partial charge in [-0.05, 0) is 45.2 Å². The molecular weight excluding hydrogens is 376 g/mol. The summed E-state index contributed by atoms with van der Waals surface area (Å²) in [5, 5.41) is 0.511. The Morgan fingerprint density at radius 1 is 1.03 bits per heavy atom. The van der Waals surface area contributed by atoms with Gasteiger partial charge in [0.25, 0.3) is 11.8 Å². The van der Waals surface area contributed by atoms with Crippen LogP contribution in [0.5, 0.6) is 0 Å². The van der Waals surface area contributed by atoms with Crippen LogP contribution in [0.4, 0.5) is 4.79 Å². The summed E-state index contributed by atoms with van der Waals surface area (Å²) in [6.45, 7) is 5.78. The van der Waals surface area contributed by atoms with E-state index in [1.807, 2.05) is 6.08 Å². The number of fused-ring (bicyclic) bond motifs is 3. The normalized spacial score (nSPS) is 25.3. The summed E-state index contributed by atoms with van der Waals surface area (Å²) in [5.74, 6) is -2.76. The summed E-state index contributed by atoms with van der Waals surface area (Å²) in [6.07, 6.45) is 3.73. The first kappa shape index (κ1) is 19.2. The summed E-state index contributed by atoms with van der Waals surface area (Å²) in [4.78, 5) is 57.0. The van der Waals surface area contributed by atoms with E-state index in [-0.39, 0.29) is 17.0 Å². The van der Waals surface area contributed by atoms with Gasteiger partial charge in [0, 0.05) is 6.54 Å². The second-order valence-electron chi connectivity index (χ2n) is 8.47. The van der Waals surface area contributed by atoms with Crippen molar-refractivity contribution in [2.45, 2.75) is 38.8 Å². The molecule has 3 amide bonds. The monoisotopic (exact) mass is 398 g/mol. The number of carbonyl (C=O) groups is 4. The van der Waals surface area contributed by atoms with Gasteiger partial charge in [-0.3, -0.25) is 9.59 Å². The Morgan fingerprint density at radius 3 is 2.21 bits per heavy atom. The Hall–Kier alpha value is -3.16. The van der Waals surface area contributed by atoms with E-state index in [1.54, 1.807) is 39.0 Å². The quantitative estimate of drug-likeness (QED) is 0.561. The number of hydroxylamine groups is 2. The molecule has 29 heavy (non-hydrogen) atoms. The van der Waals surface area contributed by atoms with Gasteiger partial charge in [0.1, 0.15) is 5.60 Å². The lowest BCUT2D eigenvalue weighted by atomic mass is 9.78. The predicted octanol–water partition coefficient (Wildman–Crippen LogP) is 2.55. The summed E-state index contributed by atoms with van der Waals surface area (Å²) >= 11 is 0. The minimum Gasteiger partial charge on any atom is -0.444 e. The van der Waals surface area contributed by atoms with Crippen LogP contribution in [0, 0.1) is 11.8 Å². The summed E-state index contributed by atoms with van der Waals surface area (Å²) in [5.41, 5.74) is -0.260. The van der Waals surface area contributed by atoms with Crippen LogP contribution >= 0.6 is 0 Å². The van der Waals surface area contributed by atoms with Crippen molar-refractivity contribution < 1.29 is 28.8 Å². The van der Waals surface area contributed by atoms with Crippen molar-refractivity contribution >= 4 is 23.9 Å². The lowest BCUT2D eigenvalue weighted by Crippen LogP contribution is -2.56. The van der Waals surface area contributed by atoms with Gasteiger partial charge >= 0.3 is 12.1 Å². The van der Waals surface area contributed by atoms with Crippen LogP contribution in [0.1, 0.15) is 47.9 Å². The lowest BCUT2D eigenvalue weighted by Gasteiger charge is -2.45. The van der Waals surface area contributed by atoms with Crippen LogP contribution < -0.4 is 0 Å². The second kappa shape index (κ2) is 6.72. The van der Waals surface area contributed by atoms with Gasteiger partial charge in [0.2, 0.25) is 0 Å². The summed E-state index contributed by atoms with van der Waals surface area (Å²) < 4.78 is 5.45. The zero-order valence-corrected chi connectivity index (χ0v) is 16.5. The number of ether oxygens (including phenoxy) is 1. The van der Waals surface area contributed by atoms with E-state index >= 15 is 0 Å². The van der Waals surface area contributed by atoms with Gasteiger partial charge < -0.3 is 14.5 Å². The molecule has 0 saturated carbocycles. The first-order valence-corrected chi connectivity index (χ1v) is 9.53. The van der Waals surface area contributed by atoms with E-state index in [2.05, 4.69) is 0 Å². The zero-order chi connectivity index (χ0) is 20.9. The summed E-state index contributed by atoms with van der Waals surface area (Å²) in [7, 11) is 0. The topological polar surface area (TPSA) is 93.2 Å². The maximum Gasteiger partial charge on any atom is 0.410 e. The highest BCUT2D eigenvalue weighted by Crippen LogP contribution is 2.36. The Balaban J connectivity index is 1.50. The molecule has 3 aliphatic heterocycles. The molecular formula is C21H22N2O6. The Labute approximate surface area is 168 Å². The molecule has 1 aliphatic carbocycles. The standard InChI is InChI=1S/C21H22N2O6/c1-21(2,3)28-20(27)22-11-12-8-9-16(22)15(10-12)19(26)29-23-17(24)13-6-4-5-7-14(13)18(23)25/h4-9,12,15-16H,10-11H2,1-3H3. The maximum absolute atomic E-state index is 12.9. The molecule has 4 aliphatic rings. The molecule has 3 unspecified atom stereocenters. The van der Waals surface area contributed by atoms with E-state index in [9.17, 15) is 19.2 Å². The van der Waals surface area contributed by atoms with Gasteiger partial charge in [-0.15, -0.1) is 0 Å². The smallest absolute Gasteiger partial charge is 0.410 e. The fourth-order valence-corrected chi connectivity index (χ4v) is 3.94. The molecule has 1 aromatic carbocycles. The largest absolute Gasteiger partial charge is 0.444 e. The average molecular weight is 398 g/mol. The highest BCUT2D eigenvalue weighted by Gasteiger charge is 2.47. The number of rotatable bonds is 2. The van der Waals surface area contributed by atoms with Crippen molar-refractivity contribution in [1.29, 1.82) is 0 Å². The highest BCUT2D eigenvalue weighted by atomic mass is 16.7. The van der Waals surface area contributed by atoms with Gasteiger partial charge in [0.15, 0.2) is 0 Å². The van der Waals surface area contributed by atoms with Crippen LogP contribution in [0.25, 0.3) is 0 Å². The van der Waals surface area contributed by atoms with Crippen LogP contribution in [0.15, 0.2) is 36.4 Å². The number of carbonyl (C=O) groups excluding carboxylic acids is 4. The van der Waals surface area contributed by atoms with Crippen LogP contribution in [0.2, 0.25) is 0 Å². The number of imide groups is 1. The number of hydrogen-bond donors (Lipinski definition) is 0. The minimum atomic E-state index is -0.716. The third-order valence-electron chi connectivity index (χ3n) is 5.21. The fraction of sp³-hybridized carbons (Fsp3) is 0.429. The van der Waals surface area contributed by atoms with Crippen LogP contribution in [0.3, 0.4) is 0 Å². The van der Waals surface area contributed by atoms with Crippen LogP contribution in [-0.4, -0.2) is 52.0 Å². The van der Waals surface area contributed by atoms with E-state index in [0.717, 1.165) is 0 Å². The minimum absolute atomic E-state index is 0.0211. The van der Waals surface area contributed by atoms with Gasteiger partial charge in [-0.1, -0.05) is 29.3 Å². The SMILES string of the molecule is CC(C)(C)OC(=O)N1CC2C=CC1C(C(=O)ON1C(=O)c3ccccc3C1=O)C2. The third kappa shape index (κ3) is 3.39. The van der Waals surface area contributed by atoms with Crippen molar-refractivity contribution in [3.05, 3.63) is 47.5 Å². The van der Waals surface area contributed by atoms with Gasteiger partial charge in [-0.2, -0.15) is 0 Å². The van der Waals surface area contributed by atoms with Crippen molar-refractivity contribution in [1.82, 2.24) is 9.96 Å². The fourth-order valence-electron chi connectivity index (χ4n) is 3.94. The Bertz CT molecular complexity index is 896. The number of nitrogens with zero attached hydrogens (tertiary/aromatic N) is 2. The highest BCUT2D eigenvalue weighted by molar-refractivity contribution is 6.20. The first-order valence-electron chi connectivity index (χ1n) is 9.53. The van der Waals surface area contributed by atoms with Crippen LogP contribution in [-0.2, 0) is 14.4 Å². The number of hydrogen-bond acceptors (Lipinski definition) is 6. The number of benzene rings is 1. The molecule has 152 valence electrons. The van der Waals surface area contributed by atoms with E-state index in [0.29, 0.717) is 18.0 Å². The zero-order valence-electron chi connectivity index (χ0n) is 16.5. The molecule has 1 aromatic rings. The molecule has 0 radical (unpaired) electrons. The average Bonchev–Trinajstić information content (AvgIpc) is 2.92. The molecule has 8 nitrogen and oxygen atoms in total. The van der Waals surface area contributed by atoms with Gasteiger partial charge in [0.05, 0.1) is 23.1 Å². The van der Waals surface area contributed by atoms with E-state index in [4.69, 9.17) is 9.57 Å². The number of piperidine rings is 1. The third-order valence-corrected chi connectivity index (χ3v) is 5.21. The molecule has 2 bridgehead atoms. The molecule has 0 N–H and O–H groups in total. The number of amides is 3. The molecule has 3 atom stereocenters.